The Balaban J connectivity index is 1.76. The number of aromatic nitrogens is 2. The normalized spacial score (nSPS) is 32.2. The molecule has 1 N–H and O–H groups in total. The summed E-state index contributed by atoms with van der Waals surface area (Å²) in [5.74, 6) is 0.468. The minimum Gasteiger partial charge on any atom is -0.393 e. The quantitative estimate of drug-likeness (QED) is 0.862. The van der Waals surface area contributed by atoms with Crippen molar-refractivity contribution in [3.05, 3.63) is 35.9 Å². The summed E-state index contributed by atoms with van der Waals surface area (Å²) >= 11 is 0. The Morgan fingerprint density at radius 1 is 1.38 bits per heavy atom. The third kappa shape index (κ3) is 2.00. The Morgan fingerprint density at radius 3 is 2.86 bits per heavy atom. The van der Waals surface area contributed by atoms with E-state index in [1.54, 1.807) is 0 Å². The molecule has 0 aromatic carbocycles. The second-order valence-electron chi connectivity index (χ2n) is 6.82. The van der Waals surface area contributed by atoms with E-state index in [1.807, 2.05) is 12.5 Å². The molecule has 4 heteroatoms. The van der Waals surface area contributed by atoms with Crippen LogP contribution in [0.1, 0.15) is 62.7 Å². The highest BCUT2D eigenvalue weighted by molar-refractivity contribution is 5.60. The molecule has 0 unspecified atom stereocenters. The van der Waals surface area contributed by atoms with Gasteiger partial charge in [0.2, 0.25) is 0 Å². The highest BCUT2D eigenvalue weighted by Gasteiger charge is 2.59. The highest BCUT2D eigenvalue weighted by Crippen LogP contribution is 2.59. The summed E-state index contributed by atoms with van der Waals surface area (Å²) < 4.78 is 8.27. The van der Waals surface area contributed by atoms with E-state index in [0.717, 1.165) is 31.2 Å². The van der Waals surface area contributed by atoms with E-state index in [2.05, 4.69) is 35.5 Å². The first-order chi connectivity index (χ1) is 10.1. The molecule has 4 nitrogen and oxygen atoms in total. The number of hydrogen-bond acceptors (Lipinski definition) is 3. The van der Waals surface area contributed by atoms with Crippen LogP contribution in [0.5, 0.6) is 0 Å². The number of nitrogens with zero attached hydrogens (tertiary/aromatic N) is 2. The minimum atomic E-state index is -0.143. The fourth-order valence-corrected chi connectivity index (χ4v) is 3.81. The number of hydrogen-bond donors (Lipinski definition) is 1. The van der Waals surface area contributed by atoms with Gasteiger partial charge in [0.1, 0.15) is 6.10 Å². The molecule has 1 aliphatic carbocycles. The molecule has 1 atom stereocenters. The number of aliphatic hydroxyl groups is 1. The van der Waals surface area contributed by atoms with Crippen molar-refractivity contribution in [3.8, 4) is 0 Å². The van der Waals surface area contributed by atoms with E-state index >= 15 is 0 Å². The summed E-state index contributed by atoms with van der Waals surface area (Å²) in [5, 5.41) is 9.74. The van der Waals surface area contributed by atoms with Crippen LogP contribution in [0.2, 0.25) is 0 Å². The fourth-order valence-electron chi connectivity index (χ4n) is 3.81. The number of rotatable bonds is 2. The molecule has 3 heterocycles. The highest BCUT2D eigenvalue weighted by atomic mass is 16.6. The number of ether oxygens (including phenoxy) is 1. The average Bonchev–Trinajstić information content (AvgIpc) is 2.93. The van der Waals surface area contributed by atoms with Crippen LogP contribution in [0.4, 0.5) is 0 Å². The minimum absolute atomic E-state index is 0.0328. The summed E-state index contributed by atoms with van der Waals surface area (Å²) in [4.78, 5) is 4.29. The fraction of sp³-hybridized carbons (Fsp3) is 0.588. The van der Waals surface area contributed by atoms with Crippen LogP contribution in [-0.4, -0.2) is 26.2 Å². The van der Waals surface area contributed by atoms with Crippen molar-refractivity contribution in [1.82, 2.24) is 9.38 Å². The first-order valence-electron chi connectivity index (χ1n) is 7.91. The Hall–Kier alpha value is -1.39. The zero-order valence-electron chi connectivity index (χ0n) is 12.6. The second-order valence-corrected chi connectivity index (χ2v) is 6.82. The average molecular weight is 286 g/mol. The lowest BCUT2D eigenvalue weighted by Gasteiger charge is -2.23. The van der Waals surface area contributed by atoms with Crippen LogP contribution in [0.25, 0.3) is 5.52 Å². The van der Waals surface area contributed by atoms with E-state index in [-0.39, 0.29) is 17.8 Å². The zero-order chi connectivity index (χ0) is 14.6. The molecule has 0 bridgehead atoms. The summed E-state index contributed by atoms with van der Waals surface area (Å²) in [6, 6.07) is 2.20. The molecular formula is C17H22N2O2. The van der Waals surface area contributed by atoms with Gasteiger partial charge in [-0.2, -0.15) is 0 Å². The van der Waals surface area contributed by atoms with Crippen molar-refractivity contribution in [2.45, 2.75) is 63.3 Å². The maximum absolute atomic E-state index is 9.74. The molecule has 2 aromatic rings. The van der Waals surface area contributed by atoms with E-state index in [4.69, 9.17) is 4.74 Å². The monoisotopic (exact) mass is 286 g/mol. The van der Waals surface area contributed by atoms with Gasteiger partial charge in [-0.15, -0.1) is 0 Å². The molecule has 4 rings (SSSR count). The van der Waals surface area contributed by atoms with E-state index in [1.165, 1.54) is 11.1 Å². The van der Waals surface area contributed by atoms with E-state index in [0.29, 0.717) is 5.92 Å². The van der Waals surface area contributed by atoms with Crippen LogP contribution in [-0.2, 0) is 4.74 Å². The van der Waals surface area contributed by atoms with E-state index in [9.17, 15) is 5.11 Å². The first kappa shape index (κ1) is 13.3. The molecule has 2 aliphatic rings. The zero-order valence-corrected chi connectivity index (χ0v) is 12.6. The lowest BCUT2D eigenvalue weighted by atomic mass is 9.81. The molecule has 1 saturated carbocycles. The van der Waals surface area contributed by atoms with Crippen molar-refractivity contribution in [3.63, 3.8) is 0 Å². The molecule has 112 valence electrons. The molecule has 0 amide bonds. The molecule has 1 spiro atoms. The maximum atomic E-state index is 9.74. The molecular weight excluding hydrogens is 264 g/mol. The van der Waals surface area contributed by atoms with Gasteiger partial charge in [0.25, 0.3) is 0 Å². The molecule has 21 heavy (non-hydrogen) atoms. The van der Waals surface area contributed by atoms with Crippen LogP contribution in [0, 0.1) is 0 Å². The van der Waals surface area contributed by atoms with Gasteiger partial charge in [-0.05, 0) is 43.2 Å². The standard InChI is InChI=1S/C17H22N2O2/c1-11(2)13-5-8-19-10-18-9-14(19)15(13)16-17(21-16)6-3-12(20)4-7-17/h5,8-12,16,20H,3-4,6-7H2,1-2H3/t12?,16-,17?/m0/s1. The van der Waals surface area contributed by atoms with Crippen LogP contribution in [0.15, 0.2) is 24.8 Å². The molecule has 2 fully saturated rings. The Labute approximate surface area is 124 Å². The van der Waals surface area contributed by atoms with Crippen LogP contribution < -0.4 is 0 Å². The van der Waals surface area contributed by atoms with Crippen molar-refractivity contribution >= 4 is 5.52 Å². The van der Waals surface area contributed by atoms with Gasteiger partial charge < -0.3 is 14.2 Å². The maximum Gasteiger partial charge on any atom is 0.115 e. The Bertz CT molecular complexity index is 668. The molecule has 2 aromatic heterocycles. The predicted molar refractivity (Wildman–Crippen MR) is 80.3 cm³/mol. The number of imidazole rings is 1. The number of fused-ring (bicyclic) bond motifs is 1. The van der Waals surface area contributed by atoms with Crippen LogP contribution in [0.3, 0.4) is 0 Å². The smallest absolute Gasteiger partial charge is 0.115 e. The number of pyridine rings is 1. The molecule has 1 aliphatic heterocycles. The number of epoxide rings is 1. The van der Waals surface area contributed by atoms with Gasteiger partial charge in [-0.25, -0.2) is 4.98 Å². The summed E-state index contributed by atoms with van der Waals surface area (Å²) in [6.07, 6.45) is 9.54. The lowest BCUT2D eigenvalue weighted by Crippen LogP contribution is -2.25. The number of aliphatic hydroxyl groups excluding tert-OH is 1. The van der Waals surface area contributed by atoms with Gasteiger partial charge in [0.05, 0.1) is 29.7 Å². The Morgan fingerprint density at radius 2 is 2.14 bits per heavy atom. The van der Waals surface area contributed by atoms with Crippen molar-refractivity contribution in [2.75, 3.05) is 0 Å². The van der Waals surface area contributed by atoms with Crippen molar-refractivity contribution < 1.29 is 9.84 Å². The lowest BCUT2D eigenvalue weighted by molar-refractivity contribution is 0.0921. The predicted octanol–water partition coefficient (Wildman–Crippen LogP) is 3.20. The Kier molecular flexibility index (Phi) is 2.88. The topological polar surface area (TPSA) is 50.1 Å². The molecule has 0 radical (unpaired) electrons. The van der Waals surface area contributed by atoms with Gasteiger partial charge >= 0.3 is 0 Å². The third-order valence-corrected chi connectivity index (χ3v) is 5.13. The molecule has 1 saturated heterocycles. The summed E-state index contributed by atoms with van der Waals surface area (Å²) in [5.41, 5.74) is 3.79. The van der Waals surface area contributed by atoms with Crippen molar-refractivity contribution in [1.29, 1.82) is 0 Å². The van der Waals surface area contributed by atoms with Crippen LogP contribution >= 0.6 is 0 Å². The first-order valence-corrected chi connectivity index (χ1v) is 7.91. The van der Waals surface area contributed by atoms with Crippen molar-refractivity contribution in [2.24, 2.45) is 0 Å². The third-order valence-electron chi connectivity index (χ3n) is 5.13. The van der Waals surface area contributed by atoms with E-state index < -0.39 is 0 Å². The van der Waals surface area contributed by atoms with Gasteiger partial charge in [-0.3, -0.25) is 0 Å². The summed E-state index contributed by atoms with van der Waals surface area (Å²) in [7, 11) is 0. The largest absolute Gasteiger partial charge is 0.393 e. The second kappa shape index (κ2) is 4.55. The van der Waals surface area contributed by atoms with Gasteiger partial charge in [0.15, 0.2) is 0 Å². The van der Waals surface area contributed by atoms with Gasteiger partial charge in [-0.1, -0.05) is 13.8 Å². The summed E-state index contributed by atoms with van der Waals surface area (Å²) in [6.45, 7) is 4.46. The SMILES string of the molecule is CC(C)c1ccn2cncc2c1[C@@H]1OC12CCC(O)CC2. The van der Waals surface area contributed by atoms with Gasteiger partial charge in [0, 0.05) is 11.8 Å².